The summed E-state index contributed by atoms with van der Waals surface area (Å²) in [6.45, 7) is 3.37. The number of rotatable bonds is 6. The number of benzene rings is 1. The van der Waals surface area contributed by atoms with Crippen molar-refractivity contribution in [3.8, 4) is 0 Å². The predicted molar refractivity (Wildman–Crippen MR) is 96.7 cm³/mol. The normalized spacial score (nSPS) is 18.7. The summed E-state index contributed by atoms with van der Waals surface area (Å²) >= 11 is 1.73. The van der Waals surface area contributed by atoms with Crippen molar-refractivity contribution in [3.63, 3.8) is 0 Å². The lowest BCUT2D eigenvalue weighted by Gasteiger charge is -2.29. The maximum atomic E-state index is 4.67. The number of nitrogens with zero attached hydrogens (tertiary/aromatic N) is 3. The third-order valence-electron chi connectivity index (χ3n) is 4.14. The van der Waals surface area contributed by atoms with Crippen LogP contribution in [-0.4, -0.2) is 41.5 Å². The summed E-state index contributed by atoms with van der Waals surface area (Å²) in [7, 11) is 2.20. The summed E-state index contributed by atoms with van der Waals surface area (Å²) in [4.78, 5) is 11.4. The highest BCUT2D eigenvalue weighted by Gasteiger charge is 2.16. The summed E-state index contributed by atoms with van der Waals surface area (Å²) in [5.41, 5.74) is 1.31. The number of anilines is 1. The Labute approximate surface area is 142 Å². The molecule has 5 heteroatoms. The van der Waals surface area contributed by atoms with E-state index in [1.54, 1.807) is 11.8 Å². The van der Waals surface area contributed by atoms with E-state index in [0.29, 0.717) is 5.92 Å². The van der Waals surface area contributed by atoms with Gasteiger partial charge in [0.05, 0.1) is 12.4 Å². The highest BCUT2D eigenvalue weighted by molar-refractivity contribution is 7.98. The molecule has 1 aliphatic rings. The molecule has 2 heterocycles. The summed E-state index contributed by atoms with van der Waals surface area (Å²) in [6, 6.07) is 10.5. The minimum absolute atomic E-state index is 0.705. The van der Waals surface area contributed by atoms with E-state index < -0.39 is 0 Å². The van der Waals surface area contributed by atoms with Crippen molar-refractivity contribution in [2.45, 2.75) is 23.6 Å². The van der Waals surface area contributed by atoms with Crippen LogP contribution >= 0.6 is 11.8 Å². The fourth-order valence-corrected chi connectivity index (χ4v) is 3.73. The van der Waals surface area contributed by atoms with Crippen molar-refractivity contribution >= 4 is 17.6 Å². The molecule has 0 radical (unpaired) electrons. The summed E-state index contributed by atoms with van der Waals surface area (Å²) in [6.07, 6.45) is 6.25. The molecule has 23 heavy (non-hydrogen) atoms. The highest BCUT2D eigenvalue weighted by Crippen LogP contribution is 2.21. The molecule has 1 N–H and O–H groups in total. The molecule has 1 aromatic carbocycles. The Balaban J connectivity index is 1.50. The molecule has 1 atom stereocenters. The van der Waals surface area contributed by atoms with E-state index in [0.717, 1.165) is 23.1 Å². The van der Waals surface area contributed by atoms with Gasteiger partial charge in [-0.1, -0.05) is 30.3 Å². The molecule has 0 bridgehead atoms. The van der Waals surface area contributed by atoms with Crippen LogP contribution in [0.1, 0.15) is 18.4 Å². The molecule has 3 rings (SSSR count). The van der Waals surface area contributed by atoms with Crippen molar-refractivity contribution in [1.29, 1.82) is 0 Å². The standard InChI is InChI=1S/C18H24N4S/c1-22-9-5-8-16(13-22)10-20-17-11-19-12-18(21-17)23-14-15-6-3-2-4-7-15/h2-4,6-7,11-12,16H,5,8-10,13-14H2,1H3,(H,20,21). The fourth-order valence-electron chi connectivity index (χ4n) is 2.92. The van der Waals surface area contributed by atoms with Gasteiger partial charge in [-0.25, -0.2) is 4.98 Å². The molecule has 122 valence electrons. The topological polar surface area (TPSA) is 41.0 Å². The third-order valence-corrected chi connectivity index (χ3v) is 5.11. The van der Waals surface area contributed by atoms with Crippen LogP contribution in [-0.2, 0) is 5.75 Å². The number of piperidine rings is 1. The Morgan fingerprint density at radius 1 is 1.26 bits per heavy atom. The van der Waals surface area contributed by atoms with Gasteiger partial charge in [-0.05, 0) is 37.9 Å². The molecule has 2 aromatic rings. The van der Waals surface area contributed by atoms with Crippen LogP contribution < -0.4 is 5.32 Å². The summed E-state index contributed by atoms with van der Waals surface area (Å²) in [5.74, 6) is 2.51. The lowest BCUT2D eigenvalue weighted by atomic mass is 9.98. The molecule has 1 aliphatic heterocycles. The first-order valence-corrected chi connectivity index (χ1v) is 9.19. The van der Waals surface area contributed by atoms with Crippen molar-refractivity contribution in [1.82, 2.24) is 14.9 Å². The van der Waals surface area contributed by atoms with Gasteiger partial charge < -0.3 is 10.2 Å². The van der Waals surface area contributed by atoms with Gasteiger partial charge >= 0.3 is 0 Å². The monoisotopic (exact) mass is 328 g/mol. The van der Waals surface area contributed by atoms with Gasteiger partial charge in [0.25, 0.3) is 0 Å². The Bertz CT molecular complexity index is 605. The first-order chi connectivity index (χ1) is 11.3. The van der Waals surface area contributed by atoms with E-state index in [1.165, 1.54) is 31.5 Å². The zero-order valence-electron chi connectivity index (χ0n) is 13.6. The van der Waals surface area contributed by atoms with Crippen LogP contribution in [0.5, 0.6) is 0 Å². The van der Waals surface area contributed by atoms with Crippen LogP contribution in [0.15, 0.2) is 47.8 Å². The number of nitrogens with one attached hydrogen (secondary N) is 1. The molecule has 1 fully saturated rings. The van der Waals surface area contributed by atoms with Gasteiger partial charge in [0.15, 0.2) is 0 Å². The van der Waals surface area contributed by atoms with Gasteiger partial charge in [0.1, 0.15) is 10.8 Å². The first kappa shape index (κ1) is 16.3. The lowest BCUT2D eigenvalue weighted by molar-refractivity contribution is 0.217. The second-order valence-corrected chi connectivity index (χ2v) is 7.16. The minimum Gasteiger partial charge on any atom is -0.368 e. The number of likely N-dealkylation sites (tertiary alicyclic amines) is 1. The Morgan fingerprint density at radius 2 is 2.13 bits per heavy atom. The minimum atomic E-state index is 0.705. The van der Waals surface area contributed by atoms with Crippen LogP contribution in [0, 0.1) is 5.92 Å². The molecular weight excluding hydrogens is 304 g/mol. The Kier molecular flexibility index (Phi) is 5.88. The maximum absolute atomic E-state index is 4.67. The van der Waals surface area contributed by atoms with E-state index in [1.807, 2.05) is 18.5 Å². The smallest absolute Gasteiger partial charge is 0.145 e. The molecule has 0 amide bonds. The average molecular weight is 328 g/mol. The molecule has 4 nitrogen and oxygen atoms in total. The first-order valence-electron chi connectivity index (χ1n) is 8.21. The number of aromatic nitrogens is 2. The van der Waals surface area contributed by atoms with E-state index >= 15 is 0 Å². The van der Waals surface area contributed by atoms with Crippen molar-refractivity contribution in [3.05, 3.63) is 48.3 Å². The van der Waals surface area contributed by atoms with Crippen LogP contribution in [0.25, 0.3) is 0 Å². The van der Waals surface area contributed by atoms with Gasteiger partial charge in [0, 0.05) is 18.8 Å². The number of thioether (sulfide) groups is 1. The van der Waals surface area contributed by atoms with Crippen molar-refractivity contribution < 1.29 is 0 Å². The van der Waals surface area contributed by atoms with E-state index in [2.05, 4.69) is 51.5 Å². The molecule has 1 unspecified atom stereocenters. The number of hydrogen-bond acceptors (Lipinski definition) is 5. The van der Waals surface area contributed by atoms with Gasteiger partial charge in [-0.2, -0.15) is 0 Å². The highest BCUT2D eigenvalue weighted by atomic mass is 32.2. The van der Waals surface area contributed by atoms with E-state index in [4.69, 9.17) is 0 Å². The predicted octanol–water partition coefficient (Wildman–Crippen LogP) is 3.52. The lowest BCUT2D eigenvalue weighted by Crippen LogP contribution is -2.35. The second kappa shape index (κ2) is 8.31. The molecule has 0 aliphatic carbocycles. The maximum Gasteiger partial charge on any atom is 0.145 e. The average Bonchev–Trinajstić information content (AvgIpc) is 2.60. The zero-order valence-corrected chi connectivity index (χ0v) is 14.4. The number of hydrogen-bond donors (Lipinski definition) is 1. The van der Waals surface area contributed by atoms with Crippen LogP contribution in [0.3, 0.4) is 0 Å². The molecule has 0 saturated carbocycles. The summed E-state index contributed by atoms with van der Waals surface area (Å²) in [5, 5.41) is 4.43. The van der Waals surface area contributed by atoms with Crippen molar-refractivity contribution in [2.24, 2.45) is 5.92 Å². The van der Waals surface area contributed by atoms with Gasteiger partial charge in [0.2, 0.25) is 0 Å². The van der Waals surface area contributed by atoms with Gasteiger partial charge in [-0.15, -0.1) is 11.8 Å². The van der Waals surface area contributed by atoms with E-state index in [-0.39, 0.29) is 0 Å². The van der Waals surface area contributed by atoms with Crippen LogP contribution in [0.2, 0.25) is 0 Å². The SMILES string of the molecule is CN1CCCC(CNc2cncc(SCc3ccccc3)n2)C1. The van der Waals surface area contributed by atoms with Crippen molar-refractivity contribution in [2.75, 3.05) is 32.0 Å². The third kappa shape index (κ3) is 5.22. The van der Waals surface area contributed by atoms with E-state index in [9.17, 15) is 0 Å². The molecule has 1 aromatic heterocycles. The second-order valence-electron chi connectivity index (χ2n) is 6.17. The molecular formula is C18H24N4S. The molecule has 1 saturated heterocycles. The summed E-state index contributed by atoms with van der Waals surface area (Å²) < 4.78 is 0. The fraction of sp³-hybridized carbons (Fsp3) is 0.444. The largest absolute Gasteiger partial charge is 0.368 e. The van der Waals surface area contributed by atoms with Gasteiger partial charge in [-0.3, -0.25) is 4.98 Å². The quantitative estimate of drug-likeness (QED) is 0.822. The zero-order chi connectivity index (χ0) is 15.9. The Morgan fingerprint density at radius 3 is 2.96 bits per heavy atom. The molecule has 0 spiro atoms. The van der Waals surface area contributed by atoms with Crippen LogP contribution in [0.4, 0.5) is 5.82 Å². The Hall–Kier alpha value is -1.59.